The third-order valence-electron chi connectivity index (χ3n) is 5.23. The quantitative estimate of drug-likeness (QED) is 0.375. The highest BCUT2D eigenvalue weighted by atomic mass is 35.5. The number of sulfonamides is 1. The maximum Gasteiger partial charge on any atom is 0.263 e. The lowest BCUT2D eigenvalue weighted by Gasteiger charge is -2.27. The van der Waals surface area contributed by atoms with Crippen LogP contribution in [0.1, 0.15) is 5.76 Å². The summed E-state index contributed by atoms with van der Waals surface area (Å²) in [6.07, 6.45) is 4.80. The minimum atomic E-state index is -3.89. The first kappa shape index (κ1) is 23.7. The van der Waals surface area contributed by atoms with Gasteiger partial charge < -0.3 is 14.5 Å². The Morgan fingerprint density at radius 2 is 1.85 bits per heavy atom. The fourth-order valence-electron chi connectivity index (χ4n) is 3.69. The number of ether oxygens (including phenoxy) is 1. The Balaban J connectivity index is 1.55. The van der Waals surface area contributed by atoms with E-state index < -0.39 is 10.0 Å². The summed E-state index contributed by atoms with van der Waals surface area (Å²) in [7, 11) is -3.89. The van der Waals surface area contributed by atoms with Gasteiger partial charge in [0.15, 0.2) is 0 Å². The number of carbonyl (C=O) groups is 1. The maximum absolute atomic E-state index is 13.1. The van der Waals surface area contributed by atoms with Crippen molar-refractivity contribution < 1.29 is 22.4 Å². The SMILES string of the molecule is O=C1NC(=S)SC1=Cc1cc2cncc(-c3cc(Cl)c(S(=O)(=O)N4CCOCC4)c(Cl)c3)c2o1. The molecule has 5 rings (SSSR count). The molecule has 1 amide bonds. The normalized spacial score (nSPS) is 18.7. The molecule has 8 nitrogen and oxygen atoms in total. The van der Waals surface area contributed by atoms with E-state index in [9.17, 15) is 13.2 Å². The highest BCUT2D eigenvalue weighted by molar-refractivity contribution is 8.26. The van der Waals surface area contributed by atoms with E-state index in [1.807, 2.05) is 0 Å². The van der Waals surface area contributed by atoms with Crippen LogP contribution in [-0.4, -0.2) is 54.2 Å². The summed E-state index contributed by atoms with van der Waals surface area (Å²) in [5.74, 6) is 0.153. The van der Waals surface area contributed by atoms with Crippen LogP contribution >= 0.6 is 47.2 Å². The third kappa shape index (κ3) is 4.37. The van der Waals surface area contributed by atoms with Crippen LogP contribution in [0.15, 0.2) is 44.8 Å². The molecule has 2 saturated heterocycles. The number of pyridine rings is 1. The van der Waals surface area contributed by atoms with Crippen LogP contribution in [0, 0.1) is 0 Å². The highest BCUT2D eigenvalue weighted by Crippen LogP contribution is 2.39. The van der Waals surface area contributed by atoms with Crippen molar-refractivity contribution in [2.24, 2.45) is 0 Å². The van der Waals surface area contributed by atoms with E-state index in [1.165, 1.54) is 16.4 Å². The van der Waals surface area contributed by atoms with Gasteiger partial charge in [-0.05, 0) is 23.8 Å². The van der Waals surface area contributed by atoms with E-state index in [-0.39, 0.29) is 33.9 Å². The Hall–Kier alpha value is -1.99. The summed E-state index contributed by atoms with van der Waals surface area (Å²) in [4.78, 5) is 16.5. The zero-order valence-corrected chi connectivity index (χ0v) is 21.2. The number of benzene rings is 1. The molecule has 2 fully saturated rings. The first-order valence-electron chi connectivity index (χ1n) is 9.94. The third-order valence-corrected chi connectivity index (χ3v) is 9.22. The molecule has 0 radical (unpaired) electrons. The number of aromatic nitrogens is 1. The van der Waals surface area contributed by atoms with E-state index in [1.54, 1.807) is 24.5 Å². The Bertz CT molecular complexity index is 1460. The van der Waals surface area contributed by atoms with Gasteiger partial charge in [-0.25, -0.2) is 8.42 Å². The summed E-state index contributed by atoms with van der Waals surface area (Å²) in [6, 6.07) is 4.79. The standard InChI is InChI=1S/C21H15Cl2N3O5S3/c22-15-6-11(7-16(23)19(15)34(28,29)26-1-3-30-4-2-26)14-10-24-9-12-5-13(31-18(12)14)8-17-20(27)25-21(32)33-17/h5-10H,1-4H2,(H,25,27,32). The van der Waals surface area contributed by atoms with Gasteiger partial charge in [0.05, 0.1) is 28.2 Å². The lowest BCUT2D eigenvalue weighted by atomic mass is 10.1. The molecule has 2 aliphatic heterocycles. The van der Waals surface area contributed by atoms with Crippen LogP contribution in [0.3, 0.4) is 0 Å². The second-order valence-corrected chi connectivity index (χ2v) is 11.8. The summed E-state index contributed by atoms with van der Waals surface area (Å²) in [5, 5.41) is 3.23. The van der Waals surface area contributed by atoms with Gasteiger partial charge in [0.1, 0.15) is 20.6 Å². The minimum absolute atomic E-state index is 0.00701. The van der Waals surface area contributed by atoms with Crippen LogP contribution in [0.25, 0.3) is 28.2 Å². The maximum atomic E-state index is 13.1. The van der Waals surface area contributed by atoms with Gasteiger partial charge in [-0.1, -0.05) is 47.2 Å². The van der Waals surface area contributed by atoms with Crippen LogP contribution in [0.2, 0.25) is 10.0 Å². The Morgan fingerprint density at radius 1 is 1.15 bits per heavy atom. The van der Waals surface area contributed by atoms with Crippen LogP contribution in [-0.2, 0) is 19.6 Å². The molecule has 0 aliphatic carbocycles. The first-order valence-corrected chi connectivity index (χ1v) is 13.4. The fraction of sp³-hybridized carbons (Fsp3) is 0.190. The molecule has 0 atom stereocenters. The largest absolute Gasteiger partial charge is 0.456 e. The fourth-order valence-corrected chi connectivity index (χ4v) is 7.28. The number of fused-ring (bicyclic) bond motifs is 1. The van der Waals surface area contributed by atoms with Gasteiger partial charge >= 0.3 is 0 Å². The number of nitrogens with one attached hydrogen (secondary N) is 1. The van der Waals surface area contributed by atoms with Crippen molar-refractivity contribution in [3.05, 3.63) is 51.3 Å². The molecule has 0 bridgehead atoms. The molecule has 34 heavy (non-hydrogen) atoms. The van der Waals surface area contributed by atoms with Gasteiger partial charge in [-0.3, -0.25) is 9.78 Å². The number of rotatable bonds is 4. The van der Waals surface area contributed by atoms with Crippen LogP contribution in [0.5, 0.6) is 0 Å². The number of hydrogen-bond acceptors (Lipinski definition) is 8. The first-order chi connectivity index (χ1) is 16.2. The molecular formula is C21H15Cl2N3O5S3. The Kier molecular flexibility index (Phi) is 6.44. The van der Waals surface area contributed by atoms with Crippen molar-refractivity contribution in [3.63, 3.8) is 0 Å². The van der Waals surface area contributed by atoms with Crippen molar-refractivity contribution >= 4 is 84.5 Å². The highest BCUT2D eigenvalue weighted by Gasteiger charge is 2.31. The van der Waals surface area contributed by atoms with Gasteiger partial charge in [-0.15, -0.1) is 0 Å². The second kappa shape index (κ2) is 9.23. The lowest BCUT2D eigenvalue weighted by molar-refractivity contribution is -0.115. The average molecular weight is 556 g/mol. The zero-order chi connectivity index (χ0) is 24.0. The molecule has 2 aromatic heterocycles. The van der Waals surface area contributed by atoms with Crippen LogP contribution < -0.4 is 5.32 Å². The Morgan fingerprint density at radius 3 is 2.50 bits per heavy atom. The Labute approximate surface area is 214 Å². The summed E-state index contributed by atoms with van der Waals surface area (Å²) < 4.78 is 39.2. The minimum Gasteiger partial charge on any atom is -0.456 e. The van der Waals surface area contributed by atoms with Gasteiger partial charge in [0.2, 0.25) is 10.0 Å². The molecule has 176 valence electrons. The monoisotopic (exact) mass is 555 g/mol. The number of carbonyl (C=O) groups excluding carboxylic acids is 1. The second-order valence-electron chi connectivity index (χ2n) is 7.39. The lowest BCUT2D eigenvalue weighted by Crippen LogP contribution is -2.40. The molecule has 3 aromatic rings. The molecule has 4 heterocycles. The molecule has 0 unspecified atom stereocenters. The molecule has 1 N–H and O–H groups in total. The van der Waals surface area contributed by atoms with Crippen molar-refractivity contribution in [2.75, 3.05) is 26.3 Å². The summed E-state index contributed by atoms with van der Waals surface area (Å²) in [5.41, 5.74) is 1.60. The topological polar surface area (TPSA) is 102 Å². The van der Waals surface area contributed by atoms with Crippen molar-refractivity contribution in [1.82, 2.24) is 14.6 Å². The van der Waals surface area contributed by atoms with Gasteiger partial charge in [-0.2, -0.15) is 4.31 Å². The molecule has 13 heteroatoms. The van der Waals surface area contributed by atoms with Gasteiger partial charge in [0.25, 0.3) is 5.91 Å². The van der Waals surface area contributed by atoms with E-state index >= 15 is 0 Å². The smallest absolute Gasteiger partial charge is 0.263 e. The predicted octanol–water partition coefficient (Wildman–Crippen LogP) is 4.31. The summed E-state index contributed by atoms with van der Waals surface area (Å²) in [6.45, 7) is 1.07. The van der Waals surface area contributed by atoms with Gasteiger partial charge in [0, 0.05) is 42.5 Å². The number of morpholine rings is 1. The molecule has 0 spiro atoms. The molecule has 2 aliphatic rings. The van der Waals surface area contributed by atoms with E-state index in [2.05, 4.69) is 10.3 Å². The number of thioether (sulfide) groups is 1. The van der Waals surface area contributed by atoms with Crippen molar-refractivity contribution in [1.29, 1.82) is 0 Å². The number of amides is 1. The van der Waals surface area contributed by atoms with E-state index in [4.69, 9.17) is 44.6 Å². The van der Waals surface area contributed by atoms with E-state index in [0.29, 0.717) is 50.3 Å². The van der Waals surface area contributed by atoms with Crippen molar-refractivity contribution in [2.45, 2.75) is 4.90 Å². The van der Waals surface area contributed by atoms with Crippen LogP contribution in [0.4, 0.5) is 0 Å². The predicted molar refractivity (Wildman–Crippen MR) is 135 cm³/mol. The average Bonchev–Trinajstić information content (AvgIpc) is 3.35. The van der Waals surface area contributed by atoms with Crippen molar-refractivity contribution in [3.8, 4) is 11.1 Å². The number of furan rings is 1. The molecule has 1 aromatic carbocycles. The molecular weight excluding hydrogens is 541 g/mol. The number of halogens is 2. The zero-order valence-electron chi connectivity index (χ0n) is 17.2. The number of thiocarbonyl (C=S) groups is 1. The number of nitrogens with zero attached hydrogens (tertiary/aromatic N) is 2. The number of hydrogen-bond donors (Lipinski definition) is 1. The molecule has 0 saturated carbocycles. The summed E-state index contributed by atoms with van der Waals surface area (Å²) >= 11 is 19.1. The van der Waals surface area contributed by atoms with E-state index in [0.717, 1.165) is 11.8 Å².